The Bertz CT molecular complexity index is 1150. The van der Waals surface area contributed by atoms with Gasteiger partial charge in [0.15, 0.2) is 11.5 Å². The minimum atomic E-state index is -3.43. The van der Waals surface area contributed by atoms with Gasteiger partial charge in [0, 0.05) is 17.2 Å². The van der Waals surface area contributed by atoms with E-state index in [2.05, 4.69) is 15.0 Å². The van der Waals surface area contributed by atoms with E-state index in [1.165, 1.54) is 6.07 Å². The molecule has 0 bridgehead atoms. The van der Waals surface area contributed by atoms with Crippen LogP contribution in [0.3, 0.4) is 0 Å². The van der Waals surface area contributed by atoms with Crippen molar-refractivity contribution in [3.05, 3.63) is 53.4 Å². The molecule has 0 atom stereocenters. The number of aromatic nitrogens is 1. The van der Waals surface area contributed by atoms with Gasteiger partial charge in [-0.05, 0) is 55.7 Å². The van der Waals surface area contributed by atoms with Crippen LogP contribution in [0.5, 0.6) is 0 Å². The van der Waals surface area contributed by atoms with Crippen LogP contribution in [0.25, 0.3) is 11.1 Å². The minimum absolute atomic E-state index is 0.336. The Morgan fingerprint density at radius 3 is 2.67 bits per heavy atom. The minimum Gasteiger partial charge on any atom is -0.440 e. The lowest BCUT2D eigenvalue weighted by Crippen LogP contribution is -2.14. The highest BCUT2D eigenvalue weighted by Gasteiger charge is 2.28. The molecule has 2 N–H and O–H groups in total. The number of hydrogen-bond donors (Lipinski definition) is 2. The summed E-state index contributed by atoms with van der Waals surface area (Å²) in [6, 6.07) is 10.2. The molecule has 140 valence electrons. The number of oxazole rings is 1. The predicted octanol–water partition coefficient (Wildman–Crippen LogP) is 3.64. The maximum absolute atomic E-state index is 12.6. The van der Waals surface area contributed by atoms with E-state index in [1.54, 1.807) is 37.3 Å². The van der Waals surface area contributed by atoms with E-state index in [-0.39, 0.29) is 5.91 Å². The van der Waals surface area contributed by atoms with Crippen molar-refractivity contribution >= 4 is 38.4 Å². The van der Waals surface area contributed by atoms with Crippen LogP contribution in [-0.2, 0) is 10.0 Å². The molecule has 1 amide bonds. The quantitative estimate of drug-likeness (QED) is 0.698. The van der Waals surface area contributed by atoms with Crippen LogP contribution in [0, 0.1) is 6.92 Å². The first-order valence-corrected chi connectivity index (χ1v) is 10.5. The van der Waals surface area contributed by atoms with Crippen molar-refractivity contribution < 1.29 is 17.6 Å². The molecule has 8 heteroatoms. The van der Waals surface area contributed by atoms with Gasteiger partial charge in [-0.3, -0.25) is 9.52 Å². The Morgan fingerprint density at radius 2 is 1.96 bits per heavy atom. The molecule has 1 heterocycles. The summed E-state index contributed by atoms with van der Waals surface area (Å²) in [5.74, 6) is 0.837. The zero-order valence-electron chi connectivity index (χ0n) is 14.9. The molecular formula is C19H19N3O4S. The summed E-state index contributed by atoms with van der Waals surface area (Å²) in [5, 5.41) is 2.82. The van der Waals surface area contributed by atoms with Gasteiger partial charge in [0.05, 0.1) is 11.9 Å². The summed E-state index contributed by atoms with van der Waals surface area (Å²) in [4.78, 5) is 17.1. The molecular weight excluding hydrogens is 366 g/mol. The molecule has 0 radical (unpaired) electrons. The number of rotatable bonds is 5. The summed E-state index contributed by atoms with van der Waals surface area (Å²) in [6.45, 7) is 1.77. The van der Waals surface area contributed by atoms with Crippen LogP contribution in [-0.4, -0.2) is 25.6 Å². The average molecular weight is 385 g/mol. The van der Waals surface area contributed by atoms with E-state index in [0.717, 1.165) is 30.6 Å². The smallest absolute Gasteiger partial charge is 0.255 e. The third kappa shape index (κ3) is 3.95. The molecule has 1 aromatic heterocycles. The number of nitrogens with one attached hydrogen (secondary N) is 2. The average Bonchev–Trinajstić information content (AvgIpc) is 3.35. The molecule has 1 fully saturated rings. The molecule has 1 saturated carbocycles. The molecule has 0 unspecified atom stereocenters. The van der Waals surface area contributed by atoms with Gasteiger partial charge in [-0.2, -0.15) is 0 Å². The van der Waals surface area contributed by atoms with Crippen LogP contribution in [0.1, 0.15) is 40.6 Å². The maximum Gasteiger partial charge on any atom is 0.255 e. The molecule has 1 aliphatic rings. The number of carbonyl (C=O) groups is 1. The van der Waals surface area contributed by atoms with Crippen LogP contribution >= 0.6 is 0 Å². The van der Waals surface area contributed by atoms with Crippen molar-refractivity contribution in [2.45, 2.75) is 25.7 Å². The molecule has 0 aliphatic heterocycles. The normalized spacial score (nSPS) is 14.3. The fourth-order valence-corrected chi connectivity index (χ4v) is 3.42. The van der Waals surface area contributed by atoms with Gasteiger partial charge < -0.3 is 9.73 Å². The summed E-state index contributed by atoms with van der Waals surface area (Å²) < 4.78 is 31.1. The van der Waals surface area contributed by atoms with Crippen molar-refractivity contribution in [1.29, 1.82) is 0 Å². The Morgan fingerprint density at radius 1 is 1.19 bits per heavy atom. The first-order valence-electron chi connectivity index (χ1n) is 8.59. The highest BCUT2D eigenvalue weighted by molar-refractivity contribution is 7.92. The van der Waals surface area contributed by atoms with Crippen LogP contribution in [0.2, 0.25) is 0 Å². The van der Waals surface area contributed by atoms with Crippen molar-refractivity contribution in [3.63, 3.8) is 0 Å². The van der Waals surface area contributed by atoms with Crippen molar-refractivity contribution in [3.8, 4) is 0 Å². The third-order valence-electron chi connectivity index (χ3n) is 4.38. The number of aryl methyl sites for hydroxylation is 1. The largest absolute Gasteiger partial charge is 0.440 e. The summed E-state index contributed by atoms with van der Waals surface area (Å²) in [7, 11) is -3.43. The van der Waals surface area contributed by atoms with E-state index in [0.29, 0.717) is 34.0 Å². The molecule has 7 nitrogen and oxygen atoms in total. The van der Waals surface area contributed by atoms with Crippen molar-refractivity contribution in [1.82, 2.24) is 4.98 Å². The third-order valence-corrected chi connectivity index (χ3v) is 4.97. The SMILES string of the molecule is Cc1ccc(C(=O)Nc2ccc3oc(C4CC4)nc3c2)cc1NS(C)(=O)=O. The maximum atomic E-state index is 12.6. The second kappa shape index (κ2) is 6.38. The first-order chi connectivity index (χ1) is 12.8. The second-order valence-corrected chi connectivity index (χ2v) is 8.62. The van der Waals surface area contributed by atoms with Gasteiger partial charge in [-0.1, -0.05) is 6.07 Å². The predicted molar refractivity (Wildman–Crippen MR) is 104 cm³/mol. The van der Waals surface area contributed by atoms with E-state index in [1.807, 2.05) is 0 Å². The number of hydrogen-bond acceptors (Lipinski definition) is 5. The fraction of sp³-hybridized carbons (Fsp3) is 0.263. The lowest BCUT2D eigenvalue weighted by Gasteiger charge is -2.10. The summed E-state index contributed by atoms with van der Waals surface area (Å²) >= 11 is 0. The number of anilines is 2. The number of sulfonamides is 1. The zero-order chi connectivity index (χ0) is 19.2. The van der Waals surface area contributed by atoms with E-state index in [4.69, 9.17) is 4.42 Å². The Kier molecular flexibility index (Phi) is 4.15. The van der Waals surface area contributed by atoms with E-state index >= 15 is 0 Å². The summed E-state index contributed by atoms with van der Waals surface area (Å²) in [5.41, 5.74) is 3.47. The highest BCUT2D eigenvalue weighted by atomic mass is 32.2. The first kappa shape index (κ1) is 17.5. The van der Waals surface area contributed by atoms with E-state index in [9.17, 15) is 13.2 Å². The summed E-state index contributed by atoms with van der Waals surface area (Å²) in [6.07, 6.45) is 3.28. The molecule has 3 aromatic rings. The van der Waals surface area contributed by atoms with Crippen molar-refractivity contribution in [2.24, 2.45) is 0 Å². The lowest BCUT2D eigenvalue weighted by atomic mass is 10.1. The van der Waals surface area contributed by atoms with Gasteiger partial charge in [-0.15, -0.1) is 0 Å². The molecule has 2 aromatic carbocycles. The molecule has 0 saturated heterocycles. The zero-order valence-corrected chi connectivity index (χ0v) is 15.8. The Labute approximate surface area is 156 Å². The van der Waals surface area contributed by atoms with Gasteiger partial charge >= 0.3 is 0 Å². The van der Waals surface area contributed by atoms with Crippen LogP contribution in [0.4, 0.5) is 11.4 Å². The number of benzene rings is 2. The van der Waals surface area contributed by atoms with Gasteiger partial charge in [0.1, 0.15) is 5.52 Å². The molecule has 0 spiro atoms. The van der Waals surface area contributed by atoms with Crippen LogP contribution < -0.4 is 10.0 Å². The van der Waals surface area contributed by atoms with Crippen molar-refractivity contribution in [2.75, 3.05) is 16.3 Å². The lowest BCUT2D eigenvalue weighted by molar-refractivity contribution is 0.102. The molecule has 4 rings (SSSR count). The molecule has 27 heavy (non-hydrogen) atoms. The Hall–Kier alpha value is -2.87. The van der Waals surface area contributed by atoms with Crippen LogP contribution in [0.15, 0.2) is 40.8 Å². The fourth-order valence-electron chi connectivity index (χ4n) is 2.80. The Balaban J connectivity index is 1.56. The van der Waals surface area contributed by atoms with Gasteiger partial charge in [0.2, 0.25) is 10.0 Å². The number of amides is 1. The monoisotopic (exact) mass is 385 g/mol. The second-order valence-electron chi connectivity index (χ2n) is 6.87. The van der Waals surface area contributed by atoms with Gasteiger partial charge in [0.25, 0.3) is 5.91 Å². The molecule has 1 aliphatic carbocycles. The number of fused-ring (bicyclic) bond motifs is 1. The standard InChI is InChI=1S/C19H19N3O4S/c1-11-3-4-13(9-15(11)22-27(2,24)25)18(23)20-14-7-8-17-16(10-14)21-19(26-17)12-5-6-12/h3-4,7-10,12,22H,5-6H2,1-2H3,(H,20,23). The van der Waals surface area contributed by atoms with E-state index < -0.39 is 10.0 Å². The topological polar surface area (TPSA) is 101 Å². The van der Waals surface area contributed by atoms with Gasteiger partial charge in [-0.25, -0.2) is 13.4 Å². The highest BCUT2D eigenvalue weighted by Crippen LogP contribution is 2.40. The number of carbonyl (C=O) groups excluding carboxylic acids is 1. The number of nitrogens with zero attached hydrogens (tertiary/aromatic N) is 1.